The number of likely N-dealkylation sites (N-methyl/N-ethyl adjacent to an activating group) is 1. The Hall–Kier alpha value is -3.93. The van der Waals surface area contributed by atoms with Gasteiger partial charge in [0.15, 0.2) is 0 Å². The number of aliphatic imine (C=N–C) groups is 1. The van der Waals surface area contributed by atoms with Gasteiger partial charge in [0.2, 0.25) is 15.9 Å². The molecule has 10 nitrogen and oxygen atoms in total. The first-order chi connectivity index (χ1) is 19.5. The van der Waals surface area contributed by atoms with Gasteiger partial charge in [0.05, 0.1) is 29.9 Å². The Morgan fingerprint density at radius 1 is 1.05 bits per heavy atom. The number of amides is 2. The Bertz CT molecular complexity index is 1610. The third kappa shape index (κ3) is 6.22. The van der Waals surface area contributed by atoms with E-state index in [1.165, 1.54) is 10.6 Å². The summed E-state index contributed by atoms with van der Waals surface area (Å²) in [6.07, 6.45) is 0.780. The molecular weight excluding hydrogens is 566 g/mol. The van der Waals surface area contributed by atoms with E-state index >= 15 is 0 Å². The van der Waals surface area contributed by atoms with Crippen LogP contribution < -0.4 is 14.5 Å². The van der Waals surface area contributed by atoms with Crippen molar-refractivity contribution >= 4 is 62.1 Å². The van der Waals surface area contributed by atoms with E-state index in [-0.39, 0.29) is 5.91 Å². The maximum absolute atomic E-state index is 13.3. The molecule has 0 spiro atoms. The standard InChI is InChI=1S/C29H30ClN5O5S/c1-33(2)14-15-35(41(3,38)39)23-11-7-21(8-12-23)31-27(26-24-13-6-20(30)18-25(24)32-28(26)36)19-4-9-22(10-5-19)34-16-17-40-29(34)37/h4-13,18,26H,14-17H2,1-3H3,(H,32,36). The molecule has 1 N–H and O–H groups in total. The molecule has 0 bridgehead atoms. The SMILES string of the molecule is CN(C)CCN(c1ccc(N=C(c2ccc(N3CCOC3=O)cc2)C2C(=O)Nc3cc(Cl)ccc32)cc1)S(C)(=O)=O. The van der Waals surface area contributed by atoms with Gasteiger partial charge in [-0.05, 0) is 73.8 Å². The fourth-order valence-corrected chi connectivity index (χ4v) is 5.94. The lowest BCUT2D eigenvalue weighted by molar-refractivity contribution is -0.115. The zero-order valence-corrected chi connectivity index (χ0v) is 24.4. The van der Waals surface area contributed by atoms with Crippen molar-refractivity contribution in [3.63, 3.8) is 0 Å². The van der Waals surface area contributed by atoms with Crippen molar-refractivity contribution in [1.29, 1.82) is 0 Å². The Morgan fingerprint density at radius 2 is 1.76 bits per heavy atom. The zero-order chi connectivity index (χ0) is 29.3. The summed E-state index contributed by atoms with van der Waals surface area (Å²) in [5.74, 6) is -0.950. The van der Waals surface area contributed by atoms with Crippen LogP contribution in [0.3, 0.4) is 0 Å². The molecule has 0 aromatic heterocycles. The van der Waals surface area contributed by atoms with Crippen molar-refractivity contribution in [3.8, 4) is 0 Å². The molecule has 214 valence electrons. The highest BCUT2D eigenvalue weighted by Gasteiger charge is 2.36. The summed E-state index contributed by atoms with van der Waals surface area (Å²) >= 11 is 6.18. The Balaban J connectivity index is 1.54. The number of ether oxygens (including phenoxy) is 1. The second-order valence-corrected chi connectivity index (χ2v) is 12.5. The van der Waals surface area contributed by atoms with E-state index in [1.807, 2.05) is 37.2 Å². The van der Waals surface area contributed by atoms with Crippen molar-refractivity contribution in [2.75, 3.05) is 61.1 Å². The van der Waals surface area contributed by atoms with Crippen LogP contribution in [0, 0.1) is 0 Å². The van der Waals surface area contributed by atoms with Crippen LogP contribution >= 0.6 is 11.6 Å². The smallest absolute Gasteiger partial charge is 0.414 e. The molecule has 0 aliphatic carbocycles. The van der Waals surface area contributed by atoms with E-state index in [2.05, 4.69) is 5.32 Å². The van der Waals surface area contributed by atoms with E-state index in [0.717, 1.165) is 5.56 Å². The number of cyclic esters (lactones) is 1. The fraction of sp³-hybridized carbons (Fsp3) is 0.276. The molecule has 2 heterocycles. The van der Waals surface area contributed by atoms with Crippen LogP contribution in [-0.4, -0.2) is 77.6 Å². The first kappa shape index (κ1) is 28.6. The number of anilines is 3. The monoisotopic (exact) mass is 595 g/mol. The van der Waals surface area contributed by atoms with E-state index in [4.69, 9.17) is 21.3 Å². The summed E-state index contributed by atoms with van der Waals surface area (Å²) in [7, 11) is 0.272. The number of rotatable bonds is 9. The van der Waals surface area contributed by atoms with Crippen LogP contribution in [0.15, 0.2) is 71.7 Å². The van der Waals surface area contributed by atoms with E-state index < -0.39 is 22.0 Å². The van der Waals surface area contributed by atoms with Crippen LogP contribution in [0.5, 0.6) is 0 Å². The quantitative estimate of drug-likeness (QED) is 0.365. The molecule has 0 saturated carbocycles. The number of hydrogen-bond donors (Lipinski definition) is 1. The number of nitrogens with zero attached hydrogens (tertiary/aromatic N) is 4. The fourth-order valence-electron chi connectivity index (χ4n) is 4.85. The predicted molar refractivity (Wildman–Crippen MR) is 161 cm³/mol. The van der Waals surface area contributed by atoms with Gasteiger partial charge in [-0.25, -0.2) is 13.2 Å². The normalized spacial score (nSPS) is 17.0. The minimum Gasteiger partial charge on any atom is -0.447 e. The summed E-state index contributed by atoms with van der Waals surface area (Å²) in [6, 6.07) is 19.4. The van der Waals surface area contributed by atoms with Crippen molar-refractivity contribution in [2.24, 2.45) is 4.99 Å². The van der Waals surface area contributed by atoms with Crippen molar-refractivity contribution in [2.45, 2.75) is 5.92 Å². The lowest BCUT2D eigenvalue weighted by Crippen LogP contribution is -2.35. The first-order valence-electron chi connectivity index (χ1n) is 13.0. The highest BCUT2D eigenvalue weighted by Crippen LogP contribution is 2.38. The zero-order valence-electron chi connectivity index (χ0n) is 22.9. The average molecular weight is 596 g/mol. The summed E-state index contributed by atoms with van der Waals surface area (Å²) in [5.41, 5.74) is 4.31. The molecule has 1 atom stereocenters. The third-order valence-corrected chi connectivity index (χ3v) is 8.32. The molecule has 0 radical (unpaired) electrons. The molecular formula is C29H30ClN5O5S. The van der Waals surface area contributed by atoms with Gasteiger partial charge in [-0.1, -0.05) is 29.8 Å². The number of sulfonamides is 1. The minimum absolute atomic E-state index is 0.239. The van der Waals surface area contributed by atoms with Crippen LogP contribution in [-0.2, 0) is 19.6 Å². The van der Waals surface area contributed by atoms with Gasteiger partial charge >= 0.3 is 6.09 Å². The molecule has 2 aliphatic heterocycles. The van der Waals surface area contributed by atoms with Crippen molar-refractivity contribution < 1.29 is 22.7 Å². The summed E-state index contributed by atoms with van der Waals surface area (Å²) in [6.45, 7) is 1.65. The Labute approximate surface area is 244 Å². The minimum atomic E-state index is -3.49. The van der Waals surface area contributed by atoms with Gasteiger partial charge in [-0.2, -0.15) is 0 Å². The molecule has 3 aromatic rings. The lowest BCUT2D eigenvalue weighted by atomic mass is 9.90. The topological polar surface area (TPSA) is 112 Å². The molecule has 41 heavy (non-hydrogen) atoms. The maximum Gasteiger partial charge on any atom is 0.414 e. The van der Waals surface area contributed by atoms with Crippen LogP contribution in [0.4, 0.5) is 27.5 Å². The largest absolute Gasteiger partial charge is 0.447 e. The van der Waals surface area contributed by atoms with Gasteiger partial charge in [-0.15, -0.1) is 0 Å². The number of carbonyl (C=O) groups excluding carboxylic acids is 2. The summed E-state index contributed by atoms with van der Waals surface area (Å²) < 4.78 is 31.4. The van der Waals surface area contributed by atoms with Gasteiger partial charge < -0.3 is 15.0 Å². The van der Waals surface area contributed by atoms with Crippen LogP contribution in [0.1, 0.15) is 17.0 Å². The number of halogens is 1. The predicted octanol–water partition coefficient (Wildman–Crippen LogP) is 4.48. The lowest BCUT2D eigenvalue weighted by Gasteiger charge is -2.24. The number of nitrogens with one attached hydrogen (secondary N) is 1. The van der Waals surface area contributed by atoms with Gasteiger partial charge in [0.25, 0.3) is 0 Å². The Morgan fingerprint density at radius 3 is 2.37 bits per heavy atom. The number of benzene rings is 3. The molecule has 2 aliphatic rings. The number of carbonyl (C=O) groups is 2. The molecule has 1 unspecified atom stereocenters. The van der Waals surface area contributed by atoms with Gasteiger partial charge in [0.1, 0.15) is 12.5 Å². The van der Waals surface area contributed by atoms with Crippen LogP contribution in [0.25, 0.3) is 0 Å². The maximum atomic E-state index is 13.3. The van der Waals surface area contributed by atoms with Crippen molar-refractivity contribution in [1.82, 2.24) is 4.90 Å². The van der Waals surface area contributed by atoms with Gasteiger partial charge in [-0.3, -0.25) is 19.0 Å². The molecule has 1 saturated heterocycles. The number of fused-ring (bicyclic) bond motifs is 1. The summed E-state index contributed by atoms with van der Waals surface area (Å²) in [5, 5.41) is 3.40. The summed E-state index contributed by atoms with van der Waals surface area (Å²) in [4.78, 5) is 33.7. The molecule has 12 heteroatoms. The third-order valence-electron chi connectivity index (χ3n) is 6.89. The number of hydrogen-bond acceptors (Lipinski definition) is 7. The second-order valence-electron chi connectivity index (χ2n) is 10.1. The van der Waals surface area contributed by atoms with E-state index in [9.17, 15) is 18.0 Å². The highest BCUT2D eigenvalue weighted by molar-refractivity contribution is 7.92. The average Bonchev–Trinajstić information content (AvgIpc) is 3.49. The van der Waals surface area contributed by atoms with E-state index in [1.54, 1.807) is 53.4 Å². The first-order valence-corrected chi connectivity index (χ1v) is 15.2. The van der Waals surface area contributed by atoms with E-state index in [0.29, 0.717) is 65.3 Å². The highest BCUT2D eigenvalue weighted by atomic mass is 35.5. The Kier molecular flexibility index (Phi) is 8.03. The second kappa shape index (κ2) is 11.5. The molecule has 1 fully saturated rings. The molecule has 3 aromatic carbocycles. The molecule has 2 amide bonds. The molecule has 5 rings (SSSR count). The van der Waals surface area contributed by atoms with Crippen molar-refractivity contribution in [3.05, 3.63) is 82.9 Å². The van der Waals surface area contributed by atoms with Crippen LogP contribution in [0.2, 0.25) is 5.02 Å². The van der Waals surface area contributed by atoms with Gasteiger partial charge in [0, 0.05) is 29.5 Å².